The Bertz CT molecular complexity index is 520. The van der Waals surface area contributed by atoms with E-state index in [4.69, 9.17) is 19.7 Å². The maximum Gasteiger partial charge on any atom is 0.341 e. The molecule has 2 aromatic carbocycles. The van der Waals surface area contributed by atoms with Crippen molar-refractivity contribution < 1.29 is 29.3 Å². The van der Waals surface area contributed by atoms with Gasteiger partial charge in [-0.1, -0.05) is 36.4 Å². The van der Waals surface area contributed by atoms with Crippen LogP contribution in [0.15, 0.2) is 60.7 Å². The van der Waals surface area contributed by atoms with E-state index >= 15 is 0 Å². The minimum Gasteiger partial charge on any atom is -0.482 e. The van der Waals surface area contributed by atoms with E-state index in [1.54, 1.807) is 48.5 Å². The number of carboxylic acid groups (broad SMARTS) is 2. The largest absolute Gasteiger partial charge is 0.482 e. The second-order valence-corrected chi connectivity index (χ2v) is 3.99. The number of para-hydroxylation sites is 2. The van der Waals surface area contributed by atoms with Crippen molar-refractivity contribution in [2.24, 2.45) is 0 Å². The molecular weight excluding hydrogens is 311 g/mol. The van der Waals surface area contributed by atoms with Gasteiger partial charge < -0.3 is 19.7 Å². The minimum atomic E-state index is -0.964. The summed E-state index contributed by atoms with van der Waals surface area (Å²) in [5.74, 6) is -0.771. The predicted molar refractivity (Wildman–Crippen MR) is 84.9 cm³/mol. The summed E-state index contributed by atoms with van der Waals surface area (Å²) in [5.41, 5.74) is 0. The molecule has 0 spiro atoms. The van der Waals surface area contributed by atoms with Crippen LogP contribution in [0.3, 0.4) is 0 Å². The molecule has 0 aliphatic heterocycles. The number of carboxylic acids is 2. The van der Waals surface area contributed by atoms with E-state index in [2.05, 4.69) is 0 Å². The second kappa shape index (κ2) is 12.5. The molecule has 2 N–H and O–H groups in total. The van der Waals surface area contributed by atoms with E-state index in [0.29, 0.717) is 11.5 Å². The zero-order chi connectivity index (χ0) is 16.2. The maximum absolute atomic E-state index is 10.0. The fourth-order valence-electron chi connectivity index (χ4n) is 1.32. The Balaban J connectivity index is 0.000000403. The first kappa shape index (κ1) is 21.0. The zero-order valence-electron chi connectivity index (χ0n) is 12.7. The molecule has 1 radical (unpaired) electrons. The summed E-state index contributed by atoms with van der Waals surface area (Å²) in [6.45, 7) is -0.575. The Kier molecular flexibility index (Phi) is 11.4. The van der Waals surface area contributed by atoms with E-state index in [1.165, 1.54) is 0 Å². The first-order chi connectivity index (χ1) is 10.6. The number of ether oxygens (including phenoxy) is 2. The van der Waals surface area contributed by atoms with Crippen LogP contribution in [0.1, 0.15) is 0 Å². The molecule has 7 heteroatoms. The topological polar surface area (TPSA) is 93.1 Å². The van der Waals surface area contributed by atoms with Crippen molar-refractivity contribution in [2.45, 2.75) is 0 Å². The molecule has 0 aliphatic rings. The molecule has 0 amide bonds. The average molecular weight is 327 g/mol. The summed E-state index contributed by atoms with van der Waals surface area (Å²) in [5, 5.41) is 16.5. The molecule has 0 saturated heterocycles. The van der Waals surface area contributed by atoms with Gasteiger partial charge in [-0.05, 0) is 24.3 Å². The molecule has 0 bridgehead atoms. The van der Waals surface area contributed by atoms with E-state index < -0.39 is 11.9 Å². The van der Waals surface area contributed by atoms with Crippen LogP contribution in [0.4, 0.5) is 0 Å². The van der Waals surface area contributed by atoms with E-state index in [0.717, 1.165) is 0 Å². The van der Waals surface area contributed by atoms with Crippen LogP contribution in [0.5, 0.6) is 11.5 Å². The van der Waals surface area contributed by atoms with Crippen molar-refractivity contribution >= 4 is 41.5 Å². The quantitative estimate of drug-likeness (QED) is 0.788. The van der Waals surface area contributed by atoms with Crippen molar-refractivity contribution in [1.82, 2.24) is 0 Å². The van der Waals surface area contributed by atoms with E-state index in [9.17, 15) is 9.59 Å². The summed E-state index contributed by atoms with van der Waals surface area (Å²) in [6, 6.07) is 17.7. The third kappa shape index (κ3) is 11.2. The normalized spacial score (nSPS) is 8.70. The van der Waals surface area contributed by atoms with E-state index in [1.807, 2.05) is 12.1 Å². The van der Waals surface area contributed by atoms with Gasteiger partial charge in [0.1, 0.15) is 11.5 Å². The minimum absolute atomic E-state index is 0. The van der Waals surface area contributed by atoms with Crippen LogP contribution >= 0.6 is 0 Å². The summed E-state index contributed by atoms with van der Waals surface area (Å²) in [7, 11) is 0. The molecular formula is C16H16NaO6. The van der Waals surface area contributed by atoms with Gasteiger partial charge in [-0.3, -0.25) is 0 Å². The molecule has 0 aromatic heterocycles. The number of aliphatic carboxylic acids is 2. The molecule has 6 nitrogen and oxygen atoms in total. The monoisotopic (exact) mass is 327 g/mol. The van der Waals surface area contributed by atoms with Gasteiger partial charge >= 0.3 is 11.9 Å². The Morgan fingerprint density at radius 3 is 1.26 bits per heavy atom. The van der Waals surface area contributed by atoms with Gasteiger partial charge in [-0.25, -0.2) is 9.59 Å². The molecule has 2 aromatic rings. The van der Waals surface area contributed by atoms with Crippen LogP contribution in [-0.4, -0.2) is 64.9 Å². The second-order valence-electron chi connectivity index (χ2n) is 3.99. The van der Waals surface area contributed by atoms with Crippen molar-refractivity contribution in [2.75, 3.05) is 13.2 Å². The SMILES string of the molecule is O=C(O)COc1ccccc1.O=C(O)COc1ccccc1.[Na]. The van der Waals surface area contributed by atoms with Crippen LogP contribution in [0, 0.1) is 0 Å². The summed E-state index contributed by atoms with van der Waals surface area (Å²) in [4.78, 5) is 20.1. The smallest absolute Gasteiger partial charge is 0.341 e. The molecule has 23 heavy (non-hydrogen) atoms. The molecule has 0 fully saturated rings. The van der Waals surface area contributed by atoms with Crippen molar-refractivity contribution in [3.05, 3.63) is 60.7 Å². The van der Waals surface area contributed by atoms with Gasteiger partial charge in [0.15, 0.2) is 13.2 Å². The third-order valence-electron chi connectivity index (χ3n) is 2.21. The van der Waals surface area contributed by atoms with Crippen LogP contribution < -0.4 is 9.47 Å². The Hall–Kier alpha value is -2.02. The molecule has 0 saturated carbocycles. The number of benzene rings is 2. The first-order valence-electron chi connectivity index (χ1n) is 6.37. The summed E-state index contributed by atoms with van der Waals surface area (Å²) < 4.78 is 9.74. The van der Waals surface area contributed by atoms with Crippen LogP contribution in [0.25, 0.3) is 0 Å². The van der Waals surface area contributed by atoms with Gasteiger partial charge in [0, 0.05) is 29.6 Å². The van der Waals surface area contributed by atoms with Gasteiger partial charge in [-0.15, -0.1) is 0 Å². The van der Waals surface area contributed by atoms with E-state index in [-0.39, 0.29) is 42.8 Å². The van der Waals surface area contributed by atoms with Crippen LogP contribution in [-0.2, 0) is 9.59 Å². The summed E-state index contributed by atoms with van der Waals surface area (Å²) >= 11 is 0. The Morgan fingerprint density at radius 1 is 0.696 bits per heavy atom. The van der Waals surface area contributed by atoms with Gasteiger partial charge in [0.2, 0.25) is 0 Å². The molecule has 0 aliphatic carbocycles. The fraction of sp³-hybridized carbons (Fsp3) is 0.125. The number of hydrogen-bond donors (Lipinski definition) is 2. The standard InChI is InChI=1S/2C8H8O3.Na/c2*9-8(10)6-11-7-4-2-1-3-5-7;/h2*1-5H,6H2,(H,9,10);. The molecule has 2 rings (SSSR count). The number of hydrogen-bond acceptors (Lipinski definition) is 4. The fourth-order valence-corrected chi connectivity index (χ4v) is 1.32. The Morgan fingerprint density at radius 2 is 1.00 bits per heavy atom. The number of rotatable bonds is 6. The van der Waals surface area contributed by atoms with Crippen molar-refractivity contribution in [1.29, 1.82) is 0 Å². The van der Waals surface area contributed by atoms with Gasteiger partial charge in [0.25, 0.3) is 0 Å². The average Bonchev–Trinajstić information content (AvgIpc) is 2.53. The van der Waals surface area contributed by atoms with Crippen LogP contribution in [0.2, 0.25) is 0 Å². The zero-order valence-corrected chi connectivity index (χ0v) is 14.7. The maximum atomic E-state index is 10.0. The van der Waals surface area contributed by atoms with Gasteiger partial charge in [0.05, 0.1) is 0 Å². The van der Waals surface area contributed by atoms with Gasteiger partial charge in [-0.2, -0.15) is 0 Å². The molecule has 0 unspecified atom stereocenters. The summed E-state index contributed by atoms with van der Waals surface area (Å²) in [6.07, 6.45) is 0. The Labute approximate surface area is 156 Å². The van der Waals surface area contributed by atoms with Crippen molar-refractivity contribution in [3.8, 4) is 11.5 Å². The third-order valence-corrected chi connectivity index (χ3v) is 2.21. The number of carbonyl (C=O) groups is 2. The molecule has 0 heterocycles. The molecule has 0 atom stereocenters. The predicted octanol–water partition coefficient (Wildman–Crippen LogP) is 1.92. The molecule has 117 valence electrons. The first-order valence-corrected chi connectivity index (χ1v) is 6.37. The van der Waals surface area contributed by atoms with Crippen molar-refractivity contribution in [3.63, 3.8) is 0 Å².